The lowest BCUT2D eigenvalue weighted by Crippen LogP contribution is -2.10. The van der Waals surface area contributed by atoms with Crippen molar-refractivity contribution >= 4 is 11.9 Å². The van der Waals surface area contributed by atoms with Gasteiger partial charge in [0.1, 0.15) is 6.26 Å². The van der Waals surface area contributed by atoms with Crippen LogP contribution in [-0.4, -0.2) is 23.7 Å². The predicted octanol–water partition coefficient (Wildman–Crippen LogP) is 1.46. The van der Waals surface area contributed by atoms with E-state index in [1.807, 2.05) is 6.92 Å². The van der Waals surface area contributed by atoms with Gasteiger partial charge in [-0.25, -0.2) is 9.59 Å². The minimum atomic E-state index is -0.925. The van der Waals surface area contributed by atoms with E-state index in [2.05, 4.69) is 16.1 Å². The Morgan fingerprint density at radius 3 is 2.47 bits per heavy atom. The molecule has 0 aliphatic carbocycles. The fourth-order valence-corrected chi connectivity index (χ4v) is 0.527. The summed E-state index contributed by atoms with van der Waals surface area (Å²) in [6.07, 6.45) is 1.28. The predicted molar refractivity (Wildman–Crippen MR) is 52.9 cm³/mol. The van der Waals surface area contributed by atoms with Crippen LogP contribution in [0, 0.1) is 0 Å². The van der Waals surface area contributed by atoms with Gasteiger partial charge in [0.05, 0.1) is 6.61 Å². The van der Waals surface area contributed by atoms with Crippen LogP contribution in [0.4, 0.5) is 0 Å². The van der Waals surface area contributed by atoms with Gasteiger partial charge in [0.2, 0.25) is 5.76 Å². The smallest absolute Gasteiger partial charge is 0.376 e. The standard InChI is InChI=1S/C10H14O5/c1-4-5-14-10(13)8(11)6-15-9(12)7(2)3/h6,11H,2,4-5H2,1,3H3. The Kier molecular flexibility index (Phi) is 5.85. The number of hydrogen-bond donors (Lipinski definition) is 1. The summed E-state index contributed by atoms with van der Waals surface area (Å²) in [5.41, 5.74) is 0.168. The molecule has 0 rings (SSSR count). The van der Waals surface area contributed by atoms with Gasteiger partial charge in [0.15, 0.2) is 0 Å². The molecule has 0 radical (unpaired) electrons. The molecule has 0 bridgehead atoms. The molecule has 0 aromatic heterocycles. The lowest BCUT2D eigenvalue weighted by molar-refractivity contribution is -0.142. The van der Waals surface area contributed by atoms with E-state index < -0.39 is 17.7 Å². The molecule has 15 heavy (non-hydrogen) atoms. The number of hydrogen-bond acceptors (Lipinski definition) is 5. The quantitative estimate of drug-likeness (QED) is 0.426. The van der Waals surface area contributed by atoms with Gasteiger partial charge in [-0.1, -0.05) is 13.5 Å². The minimum Gasteiger partial charge on any atom is -0.500 e. The van der Waals surface area contributed by atoms with Crippen molar-refractivity contribution in [1.29, 1.82) is 0 Å². The molecule has 0 saturated heterocycles. The molecule has 0 aliphatic heterocycles. The van der Waals surface area contributed by atoms with Gasteiger partial charge in [-0.05, 0) is 13.3 Å². The van der Waals surface area contributed by atoms with E-state index in [1.165, 1.54) is 6.92 Å². The molecular formula is C10H14O5. The second-order valence-corrected chi connectivity index (χ2v) is 2.82. The maximum atomic E-state index is 10.9. The van der Waals surface area contributed by atoms with Crippen LogP contribution in [0.2, 0.25) is 0 Å². The van der Waals surface area contributed by atoms with Crippen molar-refractivity contribution in [3.8, 4) is 0 Å². The molecule has 0 aromatic carbocycles. The number of esters is 2. The van der Waals surface area contributed by atoms with Gasteiger partial charge in [-0.3, -0.25) is 0 Å². The molecule has 5 heteroatoms. The summed E-state index contributed by atoms with van der Waals surface area (Å²) in [6, 6.07) is 0. The molecular weight excluding hydrogens is 200 g/mol. The van der Waals surface area contributed by atoms with E-state index in [1.54, 1.807) is 0 Å². The van der Waals surface area contributed by atoms with E-state index in [0.717, 1.165) is 0 Å². The van der Waals surface area contributed by atoms with E-state index in [4.69, 9.17) is 5.11 Å². The number of ether oxygens (including phenoxy) is 2. The van der Waals surface area contributed by atoms with E-state index >= 15 is 0 Å². The zero-order valence-corrected chi connectivity index (χ0v) is 8.78. The molecule has 84 valence electrons. The van der Waals surface area contributed by atoms with E-state index in [-0.39, 0.29) is 12.2 Å². The Morgan fingerprint density at radius 1 is 1.40 bits per heavy atom. The fourth-order valence-electron chi connectivity index (χ4n) is 0.527. The minimum absolute atomic E-state index is 0.168. The van der Waals surface area contributed by atoms with Gasteiger partial charge in [-0.15, -0.1) is 0 Å². The number of rotatable bonds is 5. The van der Waals surface area contributed by atoms with Crippen LogP contribution < -0.4 is 0 Å². The Hall–Kier alpha value is -1.78. The highest BCUT2D eigenvalue weighted by atomic mass is 16.6. The summed E-state index contributed by atoms with van der Waals surface area (Å²) in [7, 11) is 0. The van der Waals surface area contributed by atoms with Crippen molar-refractivity contribution in [1.82, 2.24) is 0 Å². The molecule has 5 nitrogen and oxygen atoms in total. The van der Waals surface area contributed by atoms with Crippen LogP contribution >= 0.6 is 0 Å². The molecule has 0 unspecified atom stereocenters. The summed E-state index contributed by atoms with van der Waals surface area (Å²) in [5.74, 6) is -2.39. The van der Waals surface area contributed by atoms with Gasteiger partial charge in [0, 0.05) is 5.57 Å². The summed E-state index contributed by atoms with van der Waals surface area (Å²) >= 11 is 0. The average Bonchev–Trinajstić information content (AvgIpc) is 2.21. The largest absolute Gasteiger partial charge is 0.500 e. The van der Waals surface area contributed by atoms with Gasteiger partial charge < -0.3 is 14.6 Å². The first kappa shape index (κ1) is 13.2. The lowest BCUT2D eigenvalue weighted by atomic mass is 10.4. The Morgan fingerprint density at radius 2 is 2.00 bits per heavy atom. The summed E-state index contributed by atoms with van der Waals surface area (Å²) in [4.78, 5) is 21.8. The molecule has 1 N–H and O–H groups in total. The van der Waals surface area contributed by atoms with Crippen molar-refractivity contribution < 1.29 is 24.2 Å². The molecule has 0 spiro atoms. The van der Waals surface area contributed by atoms with Crippen LogP contribution in [0.15, 0.2) is 24.2 Å². The third-order valence-corrected chi connectivity index (χ3v) is 1.27. The van der Waals surface area contributed by atoms with Crippen LogP contribution in [0.1, 0.15) is 20.3 Å². The maximum Gasteiger partial charge on any atom is 0.376 e. The van der Waals surface area contributed by atoms with Gasteiger partial charge in [-0.2, -0.15) is 0 Å². The van der Waals surface area contributed by atoms with Crippen molar-refractivity contribution in [2.75, 3.05) is 6.61 Å². The number of carbonyl (C=O) groups excluding carboxylic acids is 2. The summed E-state index contributed by atoms with van der Waals surface area (Å²) in [5, 5.41) is 9.05. The topological polar surface area (TPSA) is 72.8 Å². The van der Waals surface area contributed by atoms with Crippen LogP contribution in [-0.2, 0) is 19.1 Å². The lowest BCUT2D eigenvalue weighted by Gasteiger charge is -2.02. The highest BCUT2D eigenvalue weighted by Crippen LogP contribution is 1.98. The highest BCUT2D eigenvalue weighted by molar-refractivity contribution is 5.89. The number of carbonyl (C=O) groups is 2. The SMILES string of the molecule is C=C(C)C(=O)OC=C(O)C(=O)OCCC. The van der Waals surface area contributed by atoms with Crippen LogP contribution in [0.3, 0.4) is 0 Å². The van der Waals surface area contributed by atoms with Gasteiger partial charge in [0.25, 0.3) is 0 Å². The van der Waals surface area contributed by atoms with Crippen LogP contribution in [0.25, 0.3) is 0 Å². The molecule has 0 saturated carbocycles. The fraction of sp³-hybridized carbons (Fsp3) is 0.400. The first-order valence-electron chi connectivity index (χ1n) is 4.41. The molecule has 0 amide bonds. The molecule has 0 aromatic rings. The van der Waals surface area contributed by atoms with Crippen molar-refractivity contribution in [3.63, 3.8) is 0 Å². The molecule has 0 aliphatic rings. The van der Waals surface area contributed by atoms with Crippen LogP contribution in [0.5, 0.6) is 0 Å². The number of aliphatic hydroxyl groups excluding tert-OH is 1. The monoisotopic (exact) mass is 214 g/mol. The second-order valence-electron chi connectivity index (χ2n) is 2.82. The normalized spacial score (nSPS) is 10.7. The van der Waals surface area contributed by atoms with Crippen molar-refractivity contribution in [3.05, 3.63) is 24.2 Å². The van der Waals surface area contributed by atoms with Crippen molar-refractivity contribution in [2.45, 2.75) is 20.3 Å². The average molecular weight is 214 g/mol. The summed E-state index contributed by atoms with van der Waals surface area (Å²) in [6.45, 7) is 6.79. The van der Waals surface area contributed by atoms with Crippen molar-refractivity contribution in [2.24, 2.45) is 0 Å². The van der Waals surface area contributed by atoms with E-state index in [9.17, 15) is 9.59 Å². The zero-order chi connectivity index (χ0) is 11.8. The third-order valence-electron chi connectivity index (χ3n) is 1.27. The first-order valence-corrected chi connectivity index (χ1v) is 4.41. The highest BCUT2D eigenvalue weighted by Gasteiger charge is 2.10. The molecule has 0 heterocycles. The summed E-state index contributed by atoms with van der Waals surface area (Å²) < 4.78 is 8.99. The zero-order valence-electron chi connectivity index (χ0n) is 8.78. The second kappa shape index (κ2) is 6.64. The first-order chi connectivity index (χ1) is 6.99. The number of aliphatic hydroxyl groups is 1. The Labute approximate surface area is 88.0 Å². The van der Waals surface area contributed by atoms with E-state index in [0.29, 0.717) is 12.7 Å². The van der Waals surface area contributed by atoms with Gasteiger partial charge >= 0.3 is 11.9 Å². The third kappa shape index (κ3) is 5.51. The molecule has 0 atom stereocenters. The Bertz CT molecular complexity index is 290. The maximum absolute atomic E-state index is 10.9. The molecule has 0 fully saturated rings. The Balaban J connectivity index is 4.13.